The number of Topliss-reactive ketones (excluding diaryl/α,β-unsaturated/α-hetero) is 1. The molecular formula is C9H13NO2. The summed E-state index contributed by atoms with van der Waals surface area (Å²) in [5.74, 6) is 0.642. The van der Waals surface area contributed by atoms with E-state index in [1.807, 2.05) is 13.8 Å². The molecule has 0 N–H and O–H groups in total. The molecule has 0 aromatic carbocycles. The van der Waals surface area contributed by atoms with E-state index in [4.69, 9.17) is 0 Å². The lowest BCUT2D eigenvalue weighted by Crippen LogP contribution is -2.06. The third kappa shape index (κ3) is 2.86. The molecule has 1 rings (SSSR count). The Hall–Kier alpha value is -1.12. The van der Waals surface area contributed by atoms with Crippen LogP contribution in [0, 0.1) is 5.92 Å². The number of carbonyl (C=O) groups is 1. The SMILES string of the molecule is CC(C)CC(=O)Cc1ccon1. The highest BCUT2D eigenvalue weighted by atomic mass is 16.5. The third-order valence-corrected chi connectivity index (χ3v) is 1.51. The van der Waals surface area contributed by atoms with E-state index in [-0.39, 0.29) is 5.78 Å². The molecule has 1 aromatic rings. The fraction of sp³-hybridized carbons (Fsp3) is 0.556. The molecule has 66 valence electrons. The minimum atomic E-state index is 0.221. The lowest BCUT2D eigenvalue weighted by atomic mass is 10.0. The second-order valence-corrected chi connectivity index (χ2v) is 3.30. The number of hydrogen-bond acceptors (Lipinski definition) is 3. The van der Waals surface area contributed by atoms with E-state index in [9.17, 15) is 4.79 Å². The Kier molecular flexibility index (Phi) is 3.02. The van der Waals surface area contributed by atoms with Gasteiger partial charge in [0.25, 0.3) is 0 Å². The average molecular weight is 167 g/mol. The number of carbonyl (C=O) groups excluding carboxylic acids is 1. The lowest BCUT2D eigenvalue weighted by molar-refractivity contribution is -0.119. The van der Waals surface area contributed by atoms with Crippen LogP contribution in [0.5, 0.6) is 0 Å². The molecule has 0 saturated heterocycles. The monoisotopic (exact) mass is 167 g/mol. The number of nitrogens with zero attached hydrogens (tertiary/aromatic N) is 1. The van der Waals surface area contributed by atoms with Crippen molar-refractivity contribution in [2.24, 2.45) is 5.92 Å². The summed E-state index contributed by atoms with van der Waals surface area (Å²) < 4.78 is 4.62. The molecule has 0 fully saturated rings. The van der Waals surface area contributed by atoms with E-state index in [1.54, 1.807) is 6.07 Å². The first-order valence-electron chi connectivity index (χ1n) is 4.09. The van der Waals surface area contributed by atoms with E-state index < -0.39 is 0 Å². The number of ketones is 1. The zero-order chi connectivity index (χ0) is 8.97. The maximum atomic E-state index is 11.2. The van der Waals surface area contributed by atoms with Crippen molar-refractivity contribution in [3.05, 3.63) is 18.0 Å². The van der Waals surface area contributed by atoms with Crippen molar-refractivity contribution in [1.82, 2.24) is 5.16 Å². The minimum Gasteiger partial charge on any atom is -0.364 e. The van der Waals surface area contributed by atoms with Gasteiger partial charge in [0.05, 0.1) is 12.1 Å². The van der Waals surface area contributed by atoms with E-state index in [0.29, 0.717) is 18.8 Å². The molecule has 0 atom stereocenters. The van der Waals surface area contributed by atoms with Crippen molar-refractivity contribution in [3.63, 3.8) is 0 Å². The van der Waals surface area contributed by atoms with E-state index in [1.165, 1.54) is 6.26 Å². The summed E-state index contributed by atoms with van der Waals surface area (Å²) in [6.07, 6.45) is 2.50. The highest BCUT2D eigenvalue weighted by Gasteiger charge is 2.07. The minimum absolute atomic E-state index is 0.221. The fourth-order valence-electron chi connectivity index (χ4n) is 1.06. The van der Waals surface area contributed by atoms with Gasteiger partial charge in [-0.3, -0.25) is 4.79 Å². The molecule has 12 heavy (non-hydrogen) atoms. The molecule has 0 unspecified atom stereocenters. The van der Waals surface area contributed by atoms with Crippen LogP contribution >= 0.6 is 0 Å². The molecule has 0 radical (unpaired) electrons. The lowest BCUT2D eigenvalue weighted by Gasteiger charge is -2.00. The molecule has 0 aliphatic heterocycles. The first kappa shape index (κ1) is 8.97. The standard InChI is InChI=1S/C9H13NO2/c1-7(2)5-9(11)6-8-3-4-12-10-8/h3-4,7H,5-6H2,1-2H3. The summed E-state index contributed by atoms with van der Waals surface area (Å²) in [5, 5.41) is 3.67. The van der Waals surface area contributed by atoms with Gasteiger partial charge >= 0.3 is 0 Å². The first-order chi connectivity index (χ1) is 5.68. The summed E-state index contributed by atoms with van der Waals surface area (Å²) in [6.45, 7) is 4.06. The molecule has 0 amide bonds. The summed E-state index contributed by atoms with van der Waals surface area (Å²) in [5.41, 5.74) is 0.723. The van der Waals surface area contributed by atoms with Crippen LogP contribution in [0.3, 0.4) is 0 Å². The van der Waals surface area contributed by atoms with Crippen LogP contribution < -0.4 is 0 Å². The second-order valence-electron chi connectivity index (χ2n) is 3.30. The normalized spacial score (nSPS) is 10.6. The average Bonchev–Trinajstić information content (AvgIpc) is 2.37. The van der Waals surface area contributed by atoms with Gasteiger partial charge in [0, 0.05) is 12.5 Å². The van der Waals surface area contributed by atoms with Gasteiger partial charge in [-0.05, 0) is 5.92 Å². The summed E-state index contributed by atoms with van der Waals surface area (Å²) >= 11 is 0. The zero-order valence-corrected chi connectivity index (χ0v) is 7.41. The smallest absolute Gasteiger partial charge is 0.139 e. The number of rotatable bonds is 4. The first-order valence-corrected chi connectivity index (χ1v) is 4.09. The second kappa shape index (κ2) is 4.04. The molecule has 3 heteroatoms. The zero-order valence-electron chi connectivity index (χ0n) is 7.41. The Balaban J connectivity index is 2.37. The van der Waals surface area contributed by atoms with Crippen LogP contribution in [0.15, 0.2) is 16.9 Å². The van der Waals surface area contributed by atoms with Gasteiger partial charge in [-0.25, -0.2) is 0 Å². The van der Waals surface area contributed by atoms with Gasteiger partial charge in [-0.2, -0.15) is 0 Å². The van der Waals surface area contributed by atoms with Crippen LogP contribution in [0.1, 0.15) is 26.0 Å². The Labute approximate surface area is 71.7 Å². The highest BCUT2D eigenvalue weighted by molar-refractivity contribution is 5.80. The van der Waals surface area contributed by atoms with Crippen molar-refractivity contribution < 1.29 is 9.32 Å². The quantitative estimate of drug-likeness (QED) is 0.687. The van der Waals surface area contributed by atoms with E-state index >= 15 is 0 Å². The van der Waals surface area contributed by atoms with Crippen molar-refractivity contribution in [2.45, 2.75) is 26.7 Å². The third-order valence-electron chi connectivity index (χ3n) is 1.51. The Morgan fingerprint density at radius 3 is 2.92 bits per heavy atom. The molecule has 0 bridgehead atoms. The van der Waals surface area contributed by atoms with Crippen molar-refractivity contribution in [2.75, 3.05) is 0 Å². The molecule has 0 spiro atoms. The van der Waals surface area contributed by atoms with Crippen molar-refractivity contribution >= 4 is 5.78 Å². The largest absolute Gasteiger partial charge is 0.364 e. The molecule has 0 aliphatic carbocycles. The highest BCUT2D eigenvalue weighted by Crippen LogP contribution is 2.04. The van der Waals surface area contributed by atoms with Crippen LogP contribution in [-0.4, -0.2) is 10.9 Å². The van der Waals surface area contributed by atoms with Gasteiger partial charge in [0.1, 0.15) is 12.0 Å². The Morgan fingerprint density at radius 2 is 2.42 bits per heavy atom. The maximum absolute atomic E-state index is 11.2. The molecular weight excluding hydrogens is 154 g/mol. The Morgan fingerprint density at radius 1 is 1.67 bits per heavy atom. The van der Waals surface area contributed by atoms with E-state index in [0.717, 1.165) is 5.69 Å². The van der Waals surface area contributed by atoms with Gasteiger partial charge in [0.15, 0.2) is 0 Å². The van der Waals surface area contributed by atoms with Crippen LogP contribution in [-0.2, 0) is 11.2 Å². The topological polar surface area (TPSA) is 43.1 Å². The van der Waals surface area contributed by atoms with Crippen LogP contribution in [0.4, 0.5) is 0 Å². The Bertz CT molecular complexity index is 239. The van der Waals surface area contributed by atoms with E-state index in [2.05, 4.69) is 9.68 Å². The molecule has 3 nitrogen and oxygen atoms in total. The molecule has 0 aliphatic rings. The predicted molar refractivity (Wildman–Crippen MR) is 44.7 cm³/mol. The molecule has 1 heterocycles. The van der Waals surface area contributed by atoms with Crippen molar-refractivity contribution in [3.8, 4) is 0 Å². The predicted octanol–water partition coefficient (Wildman–Crippen LogP) is 1.83. The van der Waals surface area contributed by atoms with Crippen LogP contribution in [0.25, 0.3) is 0 Å². The van der Waals surface area contributed by atoms with Gasteiger partial charge in [-0.1, -0.05) is 19.0 Å². The fourth-order valence-corrected chi connectivity index (χ4v) is 1.06. The summed E-state index contributed by atoms with van der Waals surface area (Å²) in [7, 11) is 0. The van der Waals surface area contributed by atoms with Crippen molar-refractivity contribution in [1.29, 1.82) is 0 Å². The van der Waals surface area contributed by atoms with Crippen LogP contribution in [0.2, 0.25) is 0 Å². The van der Waals surface area contributed by atoms with Gasteiger partial charge in [0.2, 0.25) is 0 Å². The molecule has 1 aromatic heterocycles. The van der Waals surface area contributed by atoms with Gasteiger partial charge in [-0.15, -0.1) is 0 Å². The summed E-state index contributed by atoms with van der Waals surface area (Å²) in [6, 6.07) is 1.72. The van der Waals surface area contributed by atoms with Gasteiger partial charge < -0.3 is 4.52 Å². The molecule has 0 saturated carbocycles. The summed E-state index contributed by atoms with van der Waals surface area (Å²) in [4.78, 5) is 11.2. The number of hydrogen-bond donors (Lipinski definition) is 0. The maximum Gasteiger partial charge on any atom is 0.139 e. The number of aromatic nitrogens is 1.